The van der Waals surface area contributed by atoms with Crippen LogP contribution in [0.1, 0.15) is 24.4 Å². The second-order valence-electron chi connectivity index (χ2n) is 7.19. The minimum atomic E-state index is -4.15. The maximum atomic E-state index is 13.1. The number of hydrogen-bond donors (Lipinski definition) is 1. The van der Waals surface area contributed by atoms with Gasteiger partial charge in [-0.1, -0.05) is 48.5 Å². The summed E-state index contributed by atoms with van der Waals surface area (Å²) in [6.45, 7) is 3.15. The van der Waals surface area contributed by atoms with E-state index in [0.717, 1.165) is 53.3 Å². The van der Waals surface area contributed by atoms with Crippen molar-refractivity contribution >= 4 is 34.0 Å². The van der Waals surface area contributed by atoms with E-state index in [0.29, 0.717) is 0 Å². The van der Waals surface area contributed by atoms with Gasteiger partial charge >= 0.3 is 6.18 Å². The molecular weight excluding hydrogens is 385 g/mol. The first-order valence-electron chi connectivity index (χ1n) is 9.45. The van der Waals surface area contributed by atoms with Crippen molar-refractivity contribution in [3.05, 3.63) is 60.2 Å². The van der Waals surface area contributed by atoms with E-state index in [-0.39, 0.29) is 24.9 Å². The zero-order valence-electron chi connectivity index (χ0n) is 15.5. The van der Waals surface area contributed by atoms with Crippen LogP contribution in [0.5, 0.6) is 0 Å². The Morgan fingerprint density at radius 1 is 0.893 bits per heavy atom. The SMILES string of the molecule is Cl.FC(F)(F)CC[C@H](c1c2ccccc2cc2ccccc12)N1CCNCC1. The zero-order valence-corrected chi connectivity index (χ0v) is 16.3. The third-order valence-corrected chi connectivity index (χ3v) is 5.44. The Bertz CT molecular complexity index is 882. The van der Waals surface area contributed by atoms with E-state index in [2.05, 4.69) is 16.3 Å². The van der Waals surface area contributed by atoms with Crippen LogP contribution in [-0.2, 0) is 0 Å². The highest BCUT2D eigenvalue weighted by Gasteiger charge is 2.32. The predicted molar refractivity (Wildman–Crippen MR) is 111 cm³/mol. The Morgan fingerprint density at radius 3 is 1.96 bits per heavy atom. The number of hydrogen-bond acceptors (Lipinski definition) is 2. The van der Waals surface area contributed by atoms with Crippen LogP contribution < -0.4 is 5.32 Å². The van der Waals surface area contributed by atoms with Crippen molar-refractivity contribution in [3.8, 4) is 0 Å². The summed E-state index contributed by atoms with van der Waals surface area (Å²) in [5.74, 6) is 0. The van der Waals surface area contributed by atoms with Crippen molar-refractivity contribution < 1.29 is 13.2 Å². The average molecular weight is 409 g/mol. The Morgan fingerprint density at radius 2 is 1.43 bits per heavy atom. The molecule has 0 unspecified atom stereocenters. The smallest absolute Gasteiger partial charge is 0.314 e. The van der Waals surface area contributed by atoms with Gasteiger partial charge in [0.1, 0.15) is 0 Å². The van der Waals surface area contributed by atoms with Crippen LogP contribution in [0.15, 0.2) is 54.6 Å². The van der Waals surface area contributed by atoms with Crippen LogP contribution >= 0.6 is 12.4 Å². The highest BCUT2D eigenvalue weighted by Crippen LogP contribution is 2.39. The summed E-state index contributed by atoms with van der Waals surface area (Å²) in [5.41, 5.74) is 1.04. The number of fused-ring (bicyclic) bond motifs is 2. The molecule has 0 bridgehead atoms. The maximum absolute atomic E-state index is 13.1. The minimum absolute atomic E-state index is 0. The summed E-state index contributed by atoms with van der Waals surface area (Å²) >= 11 is 0. The summed E-state index contributed by atoms with van der Waals surface area (Å²) in [7, 11) is 0. The Hall–Kier alpha value is -1.82. The summed E-state index contributed by atoms with van der Waals surface area (Å²) < 4.78 is 39.3. The number of nitrogens with zero attached hydrogens (tertiary/aromatic N) is 1. The van der Waals surface area contributed by atoms with Crippen molar-refractivity contribution in [1.82, 2.24) is 10.2 Å². The van der Waals surface area contributed by atoms with Crippen molar-refractivity contribution in [2.24, 2.45) is 0 Å². The summed E-state index contributed by atoms with van der Waals surface area (Å²) in [4.78, 5) is 2.22. The second kappa shape index (κ2) is 8.68. The average Bonchev–Trinajstić information content (AvgIpc) is 2.67. The molecule has 1 N–H and O–H groups in total. The molecule has 150 valence electrons. The molecule has 0 radical (unpaired) electrons. The molecule has 3 aromatic carbocycles. The van der Waals surface area contributed by atoms with Crippen molar-refractivity contribution in [1.29, 1.82) is 0 Å². The van der Waals surface area contributed by atoms with Gasteiger partial charge in [0.2, 0.25) is 0 Å². The third-order valence-electron chi connectivity index (χ3n) is 5.44. The molecule has 0 amide bonds. The Kier molecular flexibility index (Phi) is 6.48. The number of nitrogens with one attached hydrogen (secondary N) is 1. The fourth-order valence-electron chi connectivity index (χ4n) is 4.21. The van der Waals surface area contributed by atoms with E-state index in [9.17, 15) is 13.2 Å². The van der Waals surface area contributed by atoms with Crippen LogP contribution in [-0.4, -0.2) is 37.3 Å². The Balaban J connectivity index is 0.00000225. The van der Waals surface area contributed by atoms with E-state index < -0.39 is 12.6 Å². The second-order valence-corrected chi connectivity index (χ2v) is 7.19. The predicted octanol–water partition coefficient (Wildman–Crippen LogP) is 5.70. The molecular formula is C22H24ClF3N2. The first-order valence-corrected chi connectivity index (χ1v) is 9.45. The number of halogens is 4. The molecule has 1 aliphatic heterocycles. The maximum Gasteiger partial charge on any atom is 0.389 e. The van der Waals surface area contributed by atoms with Gasteiger partial charge in [0, 0.05) is 38.6 Å². The molecule has 6 heteroatoms. The lowest BCUT2D eigenvalue weighted by Gasteiger charge is -2.36. The molecule has 1 fully saturated rings. The lowest BCUT2D eigenvalue weighted by atomic mass is 9.89. The summed E-state index contributed by atoms with van der Waals surface area (Å²) in [6.07, 6.45) is -4.83. The molecule has 0 saturated carbocycles. The van der Waals surface area contributed by atoms with Gasteiger partial charge in [-0.2, -0.15) is 13.2 Å². The van der Waals surface area contributed by atoms with Gasteiger partial charge in [-0.25, -0.2) is 0 Å². The van der Waals surface area contributed by atoms with Crippen LogP contribution in [0.25, 0.3) is 21.5 Å². The topological polar surface area (TPSA) is 15.3 Å². The lowest BCUT2D eigenvalue weighted by Crippen LogP contribution is -2.45. The number of rotatable bonds is 4. The van der Waals surface area contributed by atoms with Gasteiger partial charge in [-0.15, -0.1) is 12.4 Å². The van der Waals surface area contributed by atoms with Gasteiger partial charge in [0.25, 0.3) is 0 Å². The molecule has 1 heterocycles. The van der Waals surface area contributed by atoms with Crippen LogP contribution in [0.2, 0.25) is 0 Å². The monoisotopic (exact) mass is 408 g/mol. The quantitative estimate of drug-likeness (QED) is 0.557. The highest BCUT2D eigenvalue weighted by molar-refractivity contribution is 6.02. The summed E-state index contributed by atoms with van der Waals surface area (Å²) in [5, 5.41) is 7.58. The van der Waals surface area contributed by atoms with Gasteiger partial charge < -0.3 is 5.32 Å². The minimum Gasteiger partial charge on any atom is -0.314 e. The van der Waals surface area contributed by atoms with Crippen molar-refractivity contribution in [3.63, 3.8) is 0 Å². The third kappa shape index (κ3) is 4.43. The molecule has 3 aromatic rings. The number of alkyl halides is 3. The van der Waals surface area contributed by atoms with Gasteiger partial charge in [-0.05, 0) is 39.6 Å². The standard InChI is InChI=1S/C22H23F3N2.ClH/c23-22(24,25)10-9-20(27-13-11-26-12-14-27)21-18-7-3-1-5-16(18)15-17-6-2-4-8-19(17)21;/h1-8,15,20,26H,9-14H2;1H/t20-;/m1./s1. The van der Waals surface area contributed by atoms with Crippen LogP contribution in [0, 0.1) is 0 Å². The highest BCUT2D eigenvalue weighted by atomic mass is 35.5. The van der Waals surface area contributed by atoms with E-state index >= 15 is 0 Å². The number of benzene rings is 3. The van der Waals surface area contributed by atoms with Gasteiger partial charge in [0.15, 0.2) is 0 Å². The largest absolute Gasteiger partial charge is 0.389 e. The van der Waals surface area contributed by atoms with E-state index in [4.69, 9.17) is 0 Å². The summed E-state index contributed by atoms with van der Waals surface area (Å²) in [6, 6.07) is 18.0. The van der Waals surface area contributed by atoms with Crippen LogP contribution in [0.4, 0.5) is 13.2 Å². The molecule has 2 nitrogen and oxygen atoms in total. The van der Waals surface area contributed by atoms with E-state index in [1.807, 2.05) is 48.5 Å². The van der Waals surface area contributed by atoms with Crippen molar-refractivity contribution in [2.75, 3.05) is 26.2 Å². The number of piperazine rings is 1. The molecule has 1 saturated heterocycles. The zero-order chi connectivity index (χ0) is 18.9. The fourth-order valence-corrected chi connectivity index (χ4v) is 4.21. The normalized spacial score (nSPS) is 16.8. The van der Waals surface area contributed by atoms with Gasteiger partial charge in [-0.3, -0.25) is 4.90 Å². The molecule has 0 aliphatic carbocycles. The molecule has 1 atom stereocenters. The first kappa shape index (κ1) is 20.9. The van der Waals surface area contributed by atoms with E-state index in [1.54, 1.807) is 0 Å². The van der Waals surface area contributed by atoms with Crippen LogP contribution in [0.3, 0.4) is 0 Å². The molecule has 28 heavy (non-hydrogen) atoms. The van der Waals surface area contributed by atoms with Gasteiger partial charge in [0.05, 0.1) is 0 Å². The fraction of sp³-hybridized carbons (Fsp3) is 0.364. The molecule has 4 rings (SSSR count). The van der Waals surface area contributed by atoms with E-state index in [1.165, 1.54) is 0 Å². The molecule has 0 aromatic heterocycles. The molecule has 0 spiro atoms. The lowest BCUT2D eigenvalue weighted by molar-refractivity contribution is -0.138. The Labute approximate surface area is 169 Å². The van der Waals surface area contributed by atoms with Crippen molar-refractivity contribution in [2.45, 2.75) is 25.1 Å². The molecule has 1 aliphatic rings. The first-order chi connectivity index (χ1) is 13.0.